The molecule has 0 unspecified atom stereocenters. The summed E-state index contributed by atoms with van der Waals surface area (Å²) in [6.45, 7) is 4.57. The summed E-state index contributed by atoms with van der Waals surface area (Å²) >= 11 is 0. The smallest absolute Gasteiger partial charge is 0.136 e. The summed E-state index contributed by atoms with van der Waals surface area (Å²) in [5.74, 6) is 4.99. The molecular formula is C15H24O. The third kappa shape index (κ3) is 1.63. The van der Waals surface area contributed by atoms with Crippen molar-refractivity contribution in [3.05, 3.63) is 0 Å². The largest absolute Gasteiger partial charge is 0.299 e. The maximum Gasteiger partial charge on any atom is 0.136 e. The molecule has 0 aromatic rings. The normalized spacial score (nSPS) is 52.2. The van der Waals surface area contributed by atoms with Gasteiger partial charge in [-0.1, -0.05) is 20.3 Å². The summed E-state index contributed by atoms with van der Waals surface area (Å²) in [5.41, 5.74) is 0. The van der Waals surface area contributed by atoms with E-state index in [1.807, 2.05) is 0 Å². The number of Topliss-reactive ketones (excluding diaryl/α,β-unsaturated/α-hetero) is 1. The lowest BCUT2D eigenvalue weighted by Gasteiger charge is -2.38. The van der Waals surface area contributed by atoms with E-state index in [9.17, 15) is 4.79 Å². The third-order valence-electron chi connectivity index (χ3n) is 5.56. The first-order chi connectivity index (χ1) is 7.65. The molecule has 6 atom stereocenters. The van der Waals surface area contributed by atoms with Gasteiger partial charge in [-0.2, -0.15) is 0 Å². The average Bonchev–Trinajstić information content (AvgIpc) is 2.77. The molecule has 0 amide bonds. The standard InChI is InChI=1S/C15H24O/c1-9-5-10(2)15(14(16)6-9)13-8-11-3-4-12(13)7-11/h9-13,15H,3-8H2,1-2H3/t9-,10+,11+,12+,13-,15-/m0/s1. The van der Waals surface area contributed by atoms with E-state index in [2.05, 4.69) is 13.8 Å². The van der Waals surface area contributed by atoms with Crippen LogP contribution in [0.25, 0.3) is 0 Å². The van der Waals surface area contributed by atoms with Crippen molar-refractivity contribution in [3.63, 3.8) is 0 Å². The van der Waals surface area contributed by atoms with Crippen LogP contribution in [-0.2, 0) is 4.79 Å². The Bertz CT molecular complexity index is 296. The minimum Gasteiger partial charge on any atom is -0.299 e. The maximum absolute atomic E-state index is 12.3. The Hall–Kier alpha value is -0.330. The Labute approximate surface area is 99.0 Å². The van der Waals surface area contributed by atoms with Gasteiger partial charge in [0.2, 0.25) is 0 Å². The molecule has 0 radical (unpaired) electrons. The Morgan fingerprint density at radius 2 is 1.88 bits per heavy atom. The number of carbonyl (C=O) groups is 1. The third-order valence-corrected chi connectivity index (χ3v) is 5.56. The summed E-state index contributed by atoms with van der Waals surface area (Å²) in [6.07, 6.45) is 7.83. The molecule has 2 bridgehead atoms. The number of rotatable bonds is 1. The zero-order chi connectivity index (χ0) is 11.3. The molecular weight excluding hydrogens is 196 g/mol. The van der Waals surface area contributed by atoms with Crippen LogP contribution in [0.2, 0.25) is 0 Å². The van der Waals surface area contributed by atoms with Gasteiger partial charge in [0.25, 0.3) is 0 Å². The molecule has 0 aliphatic heterocycles. The highest BCUT2D eigenvalue weighted by atomic mass is 16.1. The van der Waals surface area contributed by atoms with Gasteiger partial charge in [0.05, 0.1) is 0 Å². The number of hydrogen-bond donors (Lipinski definition) is 0. The number of hydrogen-bond acceptors (Lipinski definition) is 1. The molecule has 3 fully saturated rings. The Kier molecular flexibility index (Phi) is 2.60. The molecule has 0 spiro atoms. The van der Waals surface area contributed by atoms with Crippen molar-refractivity contribution in [2.45, 2.75) is 52.4 Å². The van der Waals surface area contributed by atoms with Crippen molar-refractivity contribution >= 4 is 5.78 Å². The van der Waals surface area contributed by atoms with Gasteiger partial charge in [0.1, 0.15) is 5.78 Å². The highest BCUT2D eigenvalue weighted by Gasteiger charge is 2.47. The molecule has 90 valence electrons. The van der Waals surface area contributed by atoms with E-state index in [0.29, 0.717) is 23.5 Å². The first kappa shape index (κ1) is 10.8. The highest BCUT2D eigenvalue weighted by Crippen LogP contribution is 2.54. The summed E-state index contributed by atoms with van der Waals surface area (Å²) in [5, 5.41) is 0. The van der Waals surface area contributed by atoms with E-state index in [-0.39, 0.29) is 0 Å². The second-order valence-electron chi connectivity index (χ2n) is 6.85. The molecule has 3 saturated carbocycles. The van der Waals surface area contributed by atoms with Crippen LogP contribution < -0.4 is 0 Å². The molecule has 0 aromatic heterocycles. The first-order valence-corrected chi connectivity index (χ1v) is 7.18. The number of fused-ring (bicyclic) bond motifs is 2. The monoisotopic (exact) mass is 220 g/mol. The fraction of sp³-hybridized carbons (Fsp3) is 0.933. The molecule has 0 N–H and O–H groups in total. The quantitative estimate of drug-likeness (QED) is 0.659. The SMILES string of the molecule is C[C@@H]1CC(=O)[C@H]([C@H]2C[C@@H]3CC[C@@H]2C3)[C@H](C)C1. The minimum absolute atomic E-state index is 0.437. The molecule has 3 rings (SSSR count). The van der Waals surface area contributed by atoms with E-state index < -0.39 is 0 Å². The number of carbonyl (C=O) groups excluding carboxylic acids is 1. The van der Waals surface area contributed by atoms with Crippen molar-refractivity contribution in [2.75, 3.05) is 0 Å². The van der Waals surface area contributed by atoms with E-state index in [1.165, 1.54) is 32.1 Å². The van der Waals surface area contributed by atoms with Gasteiger partial charge in [-0.15, -0.1) is 0 Å². The molecule has 0 heterocycles. The Morgan fingerprint density at radius 3 is 2.44 bits per heavy atom. The highest BCUT2D eigenvalue weighted by molar-refractivity contribution is 5.82. The number of ketones is 1. The maximum atomic E-state index is 12.3. The summed E-state index contributed by atoms with van der Waals surface area (Å²) < 4.78 is 0. The molecule has 16 heavy (non-hydrogen) atoms. The van der Waals surface area contributed by atoms with Crippen LogP contribution in [0.15, 0.2) is 0 Å². The van der Waals surface area contributed by atoms with Gasteiger partial charge in [0.15, 0.2) is 0 Å². The van der Waals surface area contributed by atoms with Crippen LogP contribution in [0.4, 0.5) is 0 Å². The van der Waals surface area contributed by atoms with Crippen LogP contribution in [0, 0.1) is 35.5 Å². The van der Waals surface area contributed by atoms with E-state index >= 15 is 0 Å². The molecule has 3 aliphatic rings. The van der Waals surface area contributed by atoms with Crippen molar-refractivity contribution < 1.29 is 4.79 Å². The minimum atomic E-state index is 0.437. The van der Waals surface area contributed by atoms with Crippen molar-refractivity contribution in [2.24, 2.45) is 35.5 Å². The van der Waals surface area contributed by atoms with Crippen molar-refractivity contribution in [1.29, 1.82) is 0 Å². The van der Waals surface area contributed by atoms with Crippen LogP contribution in [0.5, 0.6) is 0 Å². The van der Waals surface area contributed by atoms with Crippen molar-refractivity contribution in [3.8, 4) is 0 Å². The van der Waals surface area contributed by atoms with Crippen LogP contribution in [0.1, 0.15) is 52.4 Å². The van der Waals surface area contributed by atoms with Crippen molar-refractivity contribution in [1.82, 2.24) is 0 Å². The zero-order valence-electron chi connectivity index (χ0n) is 10.6. The molecule has 3 aliphatic carbocycles. The van der Waals surface area contributed by atoms with Gasteiger partial charge < -0.3 is 0 Å². The zero-order valence-corrected chi connectivity index (χ0v) is 10.6. The second-order valence-corrected chi connectivity index (χ2v) is 6.85. The van der Waals surface area contributed by atoms with Gasteiger partial charge in [-0.3, -0.25) is 4.79 Å². The molecule has 1 nitrogen and oxygen atoms in total. The Balaban J connectivity index is 1.76. The molecule has 0 aromatic carbocycles. The molecule has 1 heteroatoms. The average molecular weight is 220 g/mol. The lowest BCUT2D eigenvalue weighted by Crippen LogP contribution is -2.38. The predicted octanol–water partition coefficient (Wildman–Crippen LogP) is 3.67. The molecule has 0 saturated heterocycles. The lowest BCUT2D eigenvalue weighted by atomic mass is 9.65. The summed E-state index contributed by atoms with van der Waals surface area (Å²) in [7, 11) is 0. The van der Waals surface area contributed by atoms with E-state index in [0.717, 1.165) is 24.2 Å². The van der Waals surface area contributed by atoms with Gasteiger partial charge in [-0.25, -0.2) is 0 Å². The fourth-order valence-corrected chi connectivity index (χ4v) is 5.06. The van der Waals surface area contributed by atoms with Crippen LogP contribution in [0.3, 0.4) is 0 Å². The van der Waals surface area contributed by atoms with Gasteiger partial charge >= 0.3 is 0 Å². The first-order valence-electron chi connectivity index (χ1n) is 7.18. The topological polar surface area (TPSA) is 17.1 Å². The van der Waals surface area contributed by atoms with Crippen LogP contribution in [-0.4, -0.2) is 5.78 Å². The lowest BCUT2D eigenvalue weighted by molar-refractivity contribution is -0.131. The summed E-state index contributed by atoms with van der Waals surface area (Å²) in [4.78, 5) is 12.3. The van der Waals surface area contributed by atoms with Gasteiger partial charge in [0, 0.05) is 12.3 Å². The van der Waals surface area contributed by atoms with Gasteiger partial charge in [-0.05, 0) is 55.3 Å². The summed E-state index contributed by atoms with van der Waals surface area (Å²) in [6, 6.07) is 0. The Morgan fingerprint density at radius 1 is 1.06 bits per heavy atom. The van der Waals surface area contributed by atoms with E-state index in [4.69, 9.17) is 0 Å². The van der Waals surface area contributed by atoms with Crippen LogP contribution >= 0.6 is 0 Å². The van der Waals surface area contributed by atoms with E-state index in [1.54, 1.807) is 0 Å². The fourth-order valence-electron chi connectivity index (χ4n) is 5.06. The second kappa shape index (κ2) is 3.85. The predicted molar refractivity (Wildman–Crippen MR) is 65.0 cm³/mol.